The first kappa shape index (κ1) is 15.5. The van der Waals surface area contributed by atoms with Crippen molar-refractivity contribution in [3.63, 3.8) is 0 Å². The zero-order valence-corrected chi connectivity index (χ0v) is 13.3. The highest BCUT2D eigenvalue weighted by Crippen LogP contribution is 2.21. The Hall–Kier alpha value is -0.860. The standard InChI is InChI=1S/C18H30N2/c1-15(2)19-13-17-10-12-20(14-17)11-9-16(3)18-7-5-4-6-8-18/h4-8,15-17,19H,9-14H2,1-3H3. The number of hydrogen-bond acceptors (Lipinski definition) is 2. The van der Waals surface area contributed by atoms with Gasteiger partial charge in [0.25, 0.3) is 0 Å². The van der Waals surface area contributed by atoms with Gasteiger partial charge in [0.15, 0.2) is 0 Å². The zero-order valence-electron chi connectivity index (χ0n) is 13.3. The molecule has 1 aromatic rings. The van der Waals surface area contributed by atoms with Crippen molar-refractivity contribution >= 4 is 0 Å². The molecule has 2 unspecified atom stereocenters. The van der Waals surface area contributed by atoms with E-state index in [-0.39, 0.29) is 0 Å². The number of likely N-dealkylation sites (tertiary alicyclic amines) is 1. The topological polar surface area (TPSA) is 15.3 Å². The molecule has 2 heteroatoms. The second-order valence-corrected chi connectivity index (χ2v) is 6.62. The minimum Gasteiger partial charge on any atom is -0.314 e. The Bertz CT molecular complexity index is 374. The van der Waals surface area contributed by atoms with E-state index in [1.165, 1.54) is 44.6 Å². The van der Waals surface area contributed by atoms with Crippen LogP contribution < -0.4 is 5.32 Å². The van der Waals surface area contributed by atoms with Crippen molar-refractivity contribution < 1.29 is 0 Å². The highest BCUT2D eigenvalue weighted by atomic mass is 15.1. The van der Waals surface area contributed by atoms with Crippen LogP contribution in [0.15, 0.2) is 30.3 Å². The lowest BCUT2D eigenvalue weighted by atomic mass is 9.98. The molecule has 20 heavy (non-hydrogen) atoms. The molecular weight excluding hydrogens is 244 g/mol. The lowest BCUT2D eigenvalue weighted by Gasteiger charge is -2.19. The third-order valence-corrected chi connectivity index (χ3v) is 4.43. The number of nitrogens with one attached hydrogen (secondary N) is 1. The van der Waals surface area contributed by atoms with Crippen molar-refractivity contribution in [1.29, 1.82) is 0 Å². The van der Waals surface area contributed by atoms with Crippen LogP contribution in [0.3, 0.4) is 0 Å². The van der Waals surface area contributed by atoms with Crippen molar-refractivity contribution in [3.8, 4) is 0 Å². The average molecular weight is 274 g/mol. The van der Waals surface area contributed by atoms with Gasteiger partial charge in [-0.15, -0.1) is 0 Å². The normalized spacial score (nSPS) is 21.5. The Morgan fingerprint density at radius 1 is 1.20 bits per heavy atom. The van der Waals surface area contributed by atoms with Gasteiger partial charge in [0, 0.05) is 12.6 Å². The van der Waals surface area contributed by atoms with Crippen LogP contribution in [-0.4, -0.2) is 37.1 Å². The van der Waals surface area contributed by atoms with E-state index in [4.69, 9.17) is 0 Å². The lowest BCUT2D eigenvalue weighted by molar-refractivity contribution is 0.308. The molecule has 0 spiro atoms. The van der Waals surface area contributed by atoms with Gasteiger partial charge < -0.3 is 10.2 Å². The van der Waals surface area contributed by atoms with Crippen LogP contribution >= 0.6 is 0 Å². The summed E-state index contributed by atoms with van der Waals surface area (Å²) in [7, 11) is 0. The molecule has 0 aliphatic carbocycles. The Labute approximate surface area is 124 Å². The molecule has 0 aromatic heterocycles. The molecule has 2 nitrogen and oxygen atoms in total. The molecule has 0 bridgehead atoms. The number of hydrogen-bond donors (Lipinski definition) is 1. The van der Waals surface area contributed by atoms with E-state index in [0.29, 0.717) is 12.0 Å². The van der Waals surface area contributed by atoms with Gasteiger partial charge in [-0.3, -0.25) is 0 Å². The summed E-state index contributed by atoms with van der Waals surface area (Å²) in [5, 5.41) is 3.57. The third kappa shape index (κ3) is 4.92. The molecule has 0 radical (unpaired) electrons. The molecule has 1 heterocycles. The van der Waals surface area contributed by atoms with Crippen LogP contribution in [0, 0.1) is 5.92 Å². The van der Waals surface area contributed by atoms with Crippen molar-refractivity contribution in [2.75, 3.05) is 26.2 Å². The van der Waals surface area contributed by atoms with Gasteiger partial charge in [-0.05, 0) is 49.9 Å². The molecule has 1 aliphatic rings. The second kappa shape index (κ2) is 7.80. The first-order valence-corrected chi connectivity index (χ1v) is 8.16. The Balaban J connectivity index is 1.68. The average Bonchev–Trinajstić information content (AvgIpc) is 2.91. The highest BCUT2D eigenvalue weighted by Gasteiger charge is 2.22. The largest absolute Gasteiger partial charge is 0.314 e. The van der Waals surface area contributed by atoms with Crippen LogP contribution in [0.25, 0.3) is 0 Å². The highest BCUT2D eigenvalue weighted by molar-refractivity contribution is 5.18. The van der Waals surface area contributed by atoms with Crippen molar-refractivity contribution in [2.24, 2.45) is 5.92 Å². The predicted molar refractivity (Wildman–Crippen MR) is 87.2 cm³/mol. The molecule has 112 valence electrons. The van der Waals surface area contributed by atoms with E-state index in [9.17, 15) is 0 Å². The van der Waals surface area contributed by atoms with Crippen LogP contribution in [-0.2, 0) is 0 Å². The van der Waals surface area contributed by atoms with Crippen molar-refractivity contribution in [1.82, 2.24) is 10.2 Å². The predicted octanol–water partition coefficient (Wildman–Crippen LogP) is 3.50. The molecule has 1 aliphatic heterocycles. The van der Waals surface area contributed by atoms with E-state index < -0.39 is 0 Å². The van der Waals surface area contributed by atoms with Crippen LogP contribution in [0.4, 0.5) is 0 Å². The quantitative estimate of drug-likeness (QED) is 0.818. The number of rotatable bonds is 7. The first-order valence-electron chi connectivity index (χ1n) is 8.16. The fourth-order valence-electron chi connectivity index (χ4n) is 3.01. The summed E-state index contributed by atoms with van der Waals surface area (Å²) in [5.41, 5.74) is 1.48. The van der Waals surface area contributed by atoms with Gasteiger partial charge in [0.1, 0.15) is 0 Å². The Kier molecular flexibility index (Phi) is 6.06. The van der Waals surface area contributed by atoms with Crippen molar-refractivity contribution in [2.45, 2.75) is 45.6 Å². The minimum atomic E-state index is 0.613. The summed E-state index contributed by atoms with van der Waals surface area (Å²) in [6.45, 7) is 11.8. The van der Waals surface area contributed by atoms with Gasteiger partial charge in [-0.2, -0.15) is 0 Å². The number of nitrogens with zero attached hydrogens (tertiary/aromatic N) is 1. The second-order valence-electron chi connectivity index (χ2n) is 6.62. The smallest absolute Gasteiger partial charge is 0.00223 e. The van der Waals surface area contributed by atoms with Gasteiger partial charge in [-0.1, -0.05) is 51.1 Å². The molecule has 1 saturated heterocycles. The fourth-order valence-corrected chi connectivity index (χ4v) is 3.01. The maximum Gasteiger partial charge on any atom is 0.00223 e. The van der Waals surface area contributed by atoms with E-state index in [1.807, 2.05) is 0 Å². The van der Waals surface area contributed by atoms with Crippen LogP contribution in [0.5, 0.6) is 0 Å². The SMILES string of the molecule is CC(C)NCC1CCN(CCC(C)c2ccccc2)C1. The summed E-state index contributed by atoms with van der Waals surface area (Å²) in [6.07, 6.45) is 2.63. The summed E-state index contributed by atoms with van der Waals surface area (Å²) >= 11 is 0. The van der Waals surface area contributed by atoms with Gasteiger partial charge in [0.2, 0.25) is 0 Å². The zero-order chi connectivity index (χ0) is 14.4. The summed E-state index contributed by atoms with van der Waals surface area (Å²) in [4.78, 5) is 2.64. The van der Waals surface area contributed by atoms with Crippen LogP contribution in [0.1, 0.15) is 45.1 Å². The summed E-state index contributed by atoms with van der Waals surface area (Å²) in [6, 6.07) is 11.5. The molecule has 2 rings (SSSR count). The molecular formula is C18H30N2. The monoisotopic (exact) mass is 274 g/mol. The number of benzene rings is 1. The van der Waals surface area contributed by atoms with E-state index in [2.05, 4.69) is 61.3 Å². The van der Waals surface area contributed by atoms with E-state index >= 15 is 0 Å². The van der Waals surface area contributed by atoms with Crippen LogP contribution in [0.2, 0.25) is 0 Å². The summed E-state index contributed by atoms with van der Waals surface area (Å²) < 4.78 is 0. The Morgan fingerprint density at radius 2 is 1.95 bits per heavy atom. The molecule has 1 N–H and O–H groups in total. The maximum atomic E-state index is 3.57. The third-order valence-electron chi connectivity index (χ3n) is 4.43. The first-order chi connectivity index (χ1) is 9.65. The van der Waals surface area contributed by atoms with Gasteiger partial charge >= 0.3 is 0 Å². The summed E-state index contributed by atoms with van der Waals surface area (Å²) in [5.74, 6) is 1.52. The minimum absolute atomic E-state index is 0.613. The molecule has 1 fully saturated rings. The fraction of sp³-hybridized carbons (Fsp3) is 0.667. The van der Waals surface area contributed by atoms with Crippen molar-refractivity contribution in [3.05, 3.63) is 35.9 Å². The lowest BCUT2D eigenvalue weighted by Crippen LogP contribution is -2.31. The van der Waals surface area contributed by atoms with Gasteiger partial charge in [-0.25, -0.2) is 0 Å². The molecule has 2 atom stereocenters. The van der Waals surface area contributed by atoms with Gasteiger partial charge in [0.05, 0.1) is 0 Å². The molecule has 0 amide bonds. The maximum absolute atomic E-state index is 3.57. The van der Waals surface area contributed by atoms with E-state index in [0.717, 1.165) is 5.92 Å². The molecule has 1 aromatic carbocycles. The molecule has 0 saturated carbocycles. The van der Waals surface area contributed by atoms with E-state index in [1.54, 1.807) is 0 Å². The Morgan fingerprint density at radius 3 is 2.65 bits per heavy atom.